The standard InChI is InChI=1S/C14H19ClN2O4/c1-2-5-17-9-10(15)8-11(17)12(18)16-14(13(19)20)3-6-21-7-4-14/h8-9H,2-7H2,1H3,(H,16,18)(H,19,20). The highest BCUT2D eigenvalue weighted by atomic mass is 35.5. The first-order valence-corrected chi connectivity index (χ1v) is 7.35. The molecule has 21 heavy (non-hydrogen) atoms. The fourth-order valence-corrected chi connectivity index (χ4v) is 2.71. The highest BCUT2D eigenvalue weighted by Crippen LogP contribution is 2.23. The Morgan fingerprint density at radius 2 is 2.14 bits per heavy atom. The van der Waals surface area contributed by atoms with E-state index in [-0.39, 0.29) is 12.8 Å². The van der Waals surface area contributed by atoms with E-state index in [1.165, 1.54) is 0 Å². The molecule has 7 heteroatoms. The van der Waals surface area contributed by atoms with E-state index in [1.807, 2.05) is 6.92 Å². The average Bonchev–Trinajstić information content (AvgIpc) is 2.81. The minimum Gasteiger partial charge on any atom is -0.480 e. The van der Waals surface area contributed by atoms with E-state index in [4.69, 9.17) is 16.3 Å². The predicted molar refractivity (Wildman–Crippen MR) is 77.6 cm³/mol. The number of rotatable bonds is 5. The molecule has 0 radical (unpaired) electrons. The first-order valence-electron chi connectivity index (χ1n) is 6.98. The van der Waals surface area contributed by atoms with Gasteiger partial charge >= 0.3 is 5.97 Å². The summed E-state index contributed by atoms with van der Waals surface area (Å²) in [6.07, 6.45) is 3.05. The molecule has 0 unspecified atom stereocenters. The van der Waals surface area contributed by atoms with Gasteiger partial charge in [-0.2, -0.15) is 0 Å². The topological polar surface area (TPSA) is 80.6 Å². The van der Waals surface area contributed by atoms with E-state index in [1.54, 1.807) is 16.8 Å². The number of carbonyl (C=O) groups excluding carboxylic acids is 1. The zero-order valence-corrected chi connectivity index (χ0v) is 12.7. The minimum absolute atomic E-state index is 0.260. The summed E-state index contributed by atoms with van der Waals surface area (Å²) in [7, 11) is 0. The first kappa shape index (κ1) is 15.9. The molecule has 2 heterocycles. The van der Waals surface area contributed by atoms with Crippen molar-refractivity contribution in [1.29, 1.82) is 0 Å². The molecule has 1 aliphatic heterocycles. The molecule has 1 aromatic heterocycles. The van der Waals surface area contributed by atoms with Crippen molar-refractivity contribution in [2.75, 3.05) is 13.2 Å². The second-order valence-corrected chi connectivity index (χ2v) is 5.63. The van der Waals surface area contributed by atoms with Gasteiger partial charge in [0.05, 0.1) is 5.02 Å². The van der Waals surface area contributed by atoms with Crippen LogP contribution in [0, 0.1) is 0 Å². The Kier molecular flexibility index (Phi) is 4.90. The van der Waals surface area contributed by atoms with Crippen LogP contribution in [0.1, 0.15) is 36.7 Å². The van der Waals surface area contributed by atoms with Gasteiger partial charge in [0.1, 0.15) is 11.2 Å². The Bertz CT molecular complexity index is 535. The number of amides is 1. The summed E-state index contributed by atoms with van der Waals surface area (Å²) < 4.78 is 6.93. The summed E-state index contributed by atoms with van der Waals surface area (Å²) >= 11 is 5.95. The number of carboxylic acids is 1. The lowest BCUT2D eigenvalue weighted by atomic mass is 9.90. The third-order valence-electron chi connectivity index (χ3n) is 3.67. The first-order chi connectivity index (χ1) is 9.98. The number of carbonyl (C=O) groups is 2. The third-order valence-corrected chi connectivity index (χ3v) is 3.88. The summed E-state index contributed by atoms with van der Waals surface area (Å²) in [6.45, 7) is 3.29. The second kappa shape index (κ2) is 6.49. The molecular formula is C14H19ClN2O4. The summed E-state index contributed by atoms with van der Waals surface area (Å²) in [5.74, 6) is -1.45. The monoisotopic (exact) mass is 314 g/mol. The smallest absolute Gasteiger partial charge is 0.329 e. The lowest BCUT2D eigenvalue weighted by molar-refractivity contribution is -0.148. The van der Waals surface area contributed by atoms with Crippen molar-refractivity contribution in [1.82, 2.24) is 9.88 Å². The zero-order chi connectivity index (χ0) is 15.5. The Balaban J connectivity index is 2.21. The zero-order valence-electron chi connectivity index (χ0n) is 11.9. The quantitative estimate of drug-likeness (QED) is 0.870. The molecular weight excluding hydrogens is 296 g/mol. The van der Waals surface area contributed by atoms with Crippen LogP contribution in [0.4, 0.5) is 0 Å². The van der Waals surface area contributed by atoms with Gasteiger partial charge in [-0.1, -0.05) is 18.5 Å². The number of aliphatic carboxylic acids is 1. The van der Waals surface area contributed by atoms with Gasteiger partial charge in [-0.05, 0) is 12.5 Å². The molecule has 0 aliphatic carbocycles. The van der Waals surface area contributed by atoms with E-state index in [9.17, 15) is 14.7 Å². The van der Waals surface area contributed by atoms with Gasteiger partial charge in [0.2, 0.25) is 0 Å². The third kappa shape index (κ3) is 3.39. The number of aromatic nitrogens is 1. The van der Waals surface area contributed by atoms with Crippen LogP contribution in [-0.4, -0.2) is 40.3 Å². The minimum atomic E-state index is -1.26. The van der Waals surface area contributed by atoms with Crippen LogP contribution in [-0.2, 0) is 16.1 Å². The predicted octanol–water partition coefficient (Wildman–Crippen LogP) is 1.92. The molecule has 0 spiro atoms. The van der Waals surface area contributed by atoms with Gasteiger partial charge in [0, 0.05) is 38.8 Å². The van der Waals surface area contributed by atoms with Gasteiger partial charge < -0.3 is 19.7 Å². The molecule has 0 bridgehead atoms. The molecule has 0 saturated carbocycles. The van der Waals surface area contributed by atoms with E-state index < -0.39 is 17.4 Å². The summed E-state index contributed by atoms with van der Waals surface area (Å²) in [4.78, 5) is 24.0. The highest BCUT2D eigenvalue weighted by Gasteiger charge is 2.42. The van der Waals surface area contributed by atoms with Crippen molar-refractivity contribution in [3.63, 3.8) is 0 Å². The fourth-order valence-electron chi connectivity index (χ4n) is 2.48. The van der Waals surface area contributed by atoms with E-state index in [0.29, 0.717) is 30.5 Å². The van der Waals surface area contributed by atoms with Gasteiger partial charge in [-0.25, -0.2) is 4.79 Å². The van der Waals surface area contributed by atoms with Gasteiger partial charge in [0.25, 0.3) is 5.91 Å². The van der Waals surface area contributed by atoms with Gasteiger partial charge in [0.15, 0.2) is 0 Å². The van der Waals surface area contributed by atoms with Crippen molar-refractivity contribution < 1.29 is 19.4 Å². The molecule has 1 aromatic rings. The summed E-state index contributed by atoms with van der Waals surface area (Å²) in [5, 5.41) is 12.6. The Hall–Kier alpha value is -1.53. The number of nitrogens with one attached hydrogen (secondary N) is 1. The molecule has 2 rings (SSSR count). The molecule has 2 N–H and O–H groups in total. The van der Waals surface area contributed by atoms with Crippen molar-refractivity contribution in [2.45, 2.75) is 38.3 Å². The van der Waals surface area contributed by atoms with Crippen molar-refractivity contribution in [2.24, 2.45) is 0 Å². The number of nitrogens with zero attached hydrogens (tertiary/aromatic N) is 1. The van der Waals surface area contributed by atoms with Crippen LogP contribution in [0.25, 0.3) is 0 Å². The Morgan fingerprint density at radius 1 is 1.48 bits per heavy atom. The normalized spacial score (nSPS) is 17.4. The fraction of sp³-hybridized carbons (Fsp3) is 0.571. The molecule has 0 aromatic carbocycles. The summed E-state index contributed by atoms with van der Waals surface area (Å²) in [5.41, 5.74) is -0.877. The van der Waals surface area contributed by atoms with Crippen LogP contribution in [0.2, 0.25) is 5.02 Å². The molecule has 1 aliphatic rings. The summed E-state index contributed by atoms with van der Waals surface area (Å²) in [6, 6.07) is 1.56. The molecule has 1 fully saturated rings. The highest BCUT2D eigenvalue weighted by molar-refractivity contribution is 6.31. The molecule has 1 saturated heterocycles. The van der Waals surface area contributed by atoms with E-state index >= 15 is 0 Å². The molecule has 116 valence electrons. The lowest BCUT2D eigenvalue weighted by Crippen LogP contribution is -2.57. The van der Waals surface area contributed by atoms with E-state index in [2.05, 4.69) is 5.32 Å². The maximum absolute atomic E-state index is 12.4. The second-order valence-electron chi connectivity index (χ2n) is 5.19. The average molecular weight is 315 g/mol. The Morgan fingerprint density at radius 3 is 2.71 bits per heavy atom. The van der Waals surface area contributed by atoms with E-state index in [0.717, 1.165) is 6.42 Å². The van der Waals surface area contributed by atoms with Crippen molar-refractivity contribution >= 4 is 23.5 Å². The Labute approximate surface area is 128 Å². The lowest BCUT2D eigenvalue weighted by Gasteiger charge is -2.33. The van der Waals surface area contributed by atoms with Crippen LogP contribution in [0.15, 0.2) is 12.3 Å². The van der Waals surface area contributed by atoms with Gasteiger partial charge in [-0.3, -0.25) is 4.79 Å². The molecule has 6 nitrogen and oxygen atoms in total. The number of hydrogen-bond donors (Lipinski definition) is 2. The van der Waals surface area contributed by atoms with Crippen LogP contribution in [0.5, 0.6) is 0 Å². The maximum Gasteiger partial charge on any atom is 0.329 e. The van der Waals surface area contributed by atoms with Crippen molar-refractivity contribution in [3.8, 4) is 0 Å². The number of aryl methyl sites for hydroxylation is 1. The number of hydrogen-bond acceptors (Lipinski definition) is 3. The van der Waals surface area contributed by atoms with Crippen molar-refractivity contribution in [3.05, 3.63) is 23.0 Å². The van der Waals surface area contributed by atoms with Crippen LogP contribution in [0.3, 0.4) is 0 Å². The number of carboxylic acid groups (broad SMARTS) is 1. The maximum atomic E-state index is 12.4. The number of halogens is 1. The SMILES string of the molecule is CCCn1cc(Cl)cc1C(=O)NC1(C(=O)O)CCOCC1. The van der Waals surface area contributed by atoms with Crippen LogP contribution >= 0.6 is 11.6 Å². The number of ether oxygens (including phenoxy) is 1. The van der Waals surface area contributed by atoms with Crippen LogP contribution < -0.4 is 5.32 Å². The largest absolute Gasteiger partial charge is 0.480 e. The van der Waals surface area contributed by atoms with Gasteiger partial charge in [-0.15, -0.1) is 0 Å². The molecule has 1 amide bonds. The molecule has 0 atom stereocenters.